The summed E-state index contributed by atoms with van der Waals surface area (Å²) in [5, 5.41) is 5.52. The quantitative estimate of drug-likeness (QED) is 0.676. The lowest BCUT2D eigenvalue weighted by atomic mass is 10.1. The van der Waals surface area contributed by atoms with Crippen LogP contribution in [0.4, 0.5) is 21.5 Å². The highest BCUT2D eigenvalue weighted by Gasteiger charge is 2.23. The van der Waals surface area contributed by atoms with Crippen LogP contribution in [-0.2, 0) is 6.54 Å². The van der Waals surface area contributed by atoms with Crippen LogP contribution in [0.15, 0.2) is 52.2 Å². The summed E-state index contributed by atoms with van der Waals surface area (Å²) in [7, 11) is 1.39. The Bertz CT molecular complexity index is 934. The van der Waals surface area contributed by atoms with Crippen LogP contribution in [0.1, 0.15) is 5.69 Å². The first-order chi connectivity index (χ1) is 11.6. The summed E-state index contributed by atoms with van der Waals surface area (Å²) in [6.07, 6.45) is 1.63. The zero-order chi connectivity index (χ0) is 17.1. The molecule has 1 heterocycles. The van der Waals surface area contributed by atoms with E-state index >= 15 is 0 Å². The first kappa shape index (κ1) is 15.7. The Kier molecular flexibility index (Phi) is 4.24. The van der Waals surface area contributed by atoms with Crippen molar-refractivity contribution in [3.8, 4) is 5.75 Å². The van der Waals surface area contributed by atoms with Gasteiger partial charge >= 0.3 is 0 Å². The Morgan fingerprint density at radius 1 is 1.04 bits per heavy atom. The van der Waals surface area contributed by atoms with Gasteiger partial charge in [0, 0.05) is 6.20 Å². The minimum Gasteiger partial charge on any atom is -0.494 e. The van der Waals surface area contributed by atoms with E-state index in [1.54, 1.807) is 24.4 Å². The lowest BCUT2D eigenvalue weighted by molar-refractivity contribution is 0.414. The van der Waals surface area contributed by atoms with Gasteiger partial charge in [0.15, 0.2) is 0 Å². The molecule has 0 amide bonds. The summed E-state index contributed by atoms with van der Waals surface area (Å²) in [5.74, 6) is -0.350. The minimum absolute atomic E-state index is 0.00739. The first-order valence-corrected chi connectivity index (χ1v) is 7.18. The maximum atomic E-state index is 14.0. The maximum Gasteiger partial charge on any atom is 0.253 e. The molecule has 0 radical (unpaired) electrons. The zero-order valence-electron chi connectivity index (χ0n) is 12.8. The van der Waals surface area contributed by atoms with E-state index in [4.69, 9.17) is 4.74 Å². The van der Waals surface area contributed by atoms with Gasteiger partial charge in [0.25, 0.3) is 10.9 Å². The van der Waals surface area contributed by atoms with Crippen molar-refractivity contribution in [3.63, 3.8) is 0 Å². The smallest absolute Gasteiger partial charge is 0.253 e. The number of benzene rings is 1. The number of hydrogen-bond donors (Lipinski definition) is 2. The molecule has 0 bridgehead atoms. The third-order valence-corrected chi connectivity index (χ3v) is 3.53. The SMILES string of the molecule is COc1cccc(F)c1Nc1c(NCc2ccccn2)c(=O)c1=O. The summed E-state index contributed by atoms with van der Waals surface area (Å²) < 4.78 is 19.0. The molecule has 0 fully saturated rings. The average molecular weight is 327 g/mol. The van der Waals surface area contributed by atoms with Gasteiger partial charge in [-0.2, -0.15) is 0 Å². The van der Waals surface area contributed by atoms with Gasteiger partial charge in [-0.1, -0.05) is 12.1 Å². The van der Waals surface area contributed by atoms with Crippen LogP contribution in [0, 0.1) is 5.82 Å². The van der Waals surface area contributed by atoms with Crippen molar-refractivity contribution in [2.75, 3.05) is 17.7 Å². The molecule has 122 valence electrons. The number of ether oxygens (including phenoxy) is 1. The fraction of sp³-hybridized carbons (Fsp3) is 0.118. The van der Waals surface area contributed by atoms with Crippen molar-refractivity contribution in [2.24, 2.45) is 0 Å². The summed E-state index contributed by atoms with van der Waals surface area (Å²) in [5.41, 5.74) is -0.518. The first-order valence-electron chi connectivity index (χ1n) is 7.18. The second kappa shape index (κ2) is 6.49. The standard InChI is InChI=1S/C17H14FN3O3/c1-24-12-7-4-6-11(18)13(12)21-15-14(16(22)17(15)23)20-9-10-5-2-3-8-19-10/h2-8,20-21H,9H2,1H3. The minimum atomic E-state index is -0.705. The van der Waals surface area contributed by atoms with E-state index < -0.39 is 16.7 Å². The molecular weight excluding hydrogens is 313 g/mol. The van der Waals surface area contributed by atoms with Crippen LogP contribution in [0.25, 0.3) is 0 Å². The molecule has 6 nitrogen and oxygen atoms in total. The summed E-state index contributed by atoms with van der Waals surface area (Å²) in [4.78, 5) is 27.7. The molecule has 0 atom stereocenters. The highest BCUT2D eigenvalue weighted by atomic mass is 19.1. The molecule has 0 unspecified atom stereocenters. The maximum absolute atomic E-state index is 14.0. The van der Waals surface area contributed by atoms with E-state index in [1.807, 2.05) is 6.07 Å². The van der Waals surface area contributed by atoms with Crippen LogP contribution >= 0.6 is 0 Å². The number of anilines is 3. The van der Waals surface area contributed by atoms with Crippen LogP contribution in [0.3, 0.4) is 0 Å². The van der Waals surface area contributed by atoms with E-state index in [9.17, 15) is 14.0 Å². The van der Waals surface area contributed by atoms with Gasteiger partial charge in [-0.3, -0.25) is 14.6 Å². The molecule has 7 heteroatoms. The van der Waals surface area contributed by atoms with E-state index in [-0.39, 0.29) is 29.4 Å². The fourth-order valence-electron chi connectivity index (χ4n) is 2.28. The molecular formula is C17H14FN3O3. The van der Waals surface area contributed by atoms with Crippen molar-refractivity contribution in [3.05, 3.63) is 74.6 Å². The zero-order valence-corrected chi connectivity index (χ0v) is 12.8. The number of halogens is 1. The third-order valence-electron chi connectivity index (χ3n) is 3.53. The van der Waals surface area contributed by atoms with Crippen LogP contribution in [-0.4, -0.2) is 12.1 Å². The van der Waals surface area contributed by atoms with Crippen molar-refractivity contribution in [1.82, 2.24) is 4.98 Å². The van der Waals surface area contributed by atoms with Gasteiger partial charge < -0.3 is 15.4 Å². The molecule has 0 saturated carbocycles. The van der Waals surface area contributed by atoms with Gasteiger partial charge in [0.2, 0.25) is 0 Å². The molecule has 0 spiro atoms. The highest BCUT2D eigenvalue weighted by molar-refractivity contribution is 5.80. The van der Waals surface area contributed by atoms with Gasteiger partial charge in [-0.05, 0) is 24.3 Å². The van der Waals surface area contributed by atoms with Crippen LogP contribution in [0.5, 0.6) is 5.75 Å². The predicted molar refractivity (Wildman–Crippen MR) is 89.2 cm³/mol. The number of para-hydroxylation sites is 1. The van der Waals surface area contributed by atoms with Crippen molar-refractivity contribution >= 4 is 17.1 Å². The molecule has 0 aliphatic rings. The number of methoxy groups -OCH3 is 1. The summed E-state index contributed by atoms with van der Waals surface area (Å²) >= 11 is 0. The Morgan fingerprint density at radius 2 is 1.83 bits per heavy atom. The average Bonchev–Trinajstić information content (AvgIpc) is 2.62. The molecule has 2 N–H and O–H groups in total. The number of pyridine rings is 1. The van der Waals surface area contributed by atoms with Crippen LogP contribution < -0.4 is 26.2 Å². The predicted octanol–water partition coefficient (Wildman–Crippen LogP) is 2.18. The third kappa shape index (κ3) is 2.83. The van der Waals surface area contributed by atoms with Gasteiger partial charge in [-0.15, -0.1) is 0 Å². The number of nitrogens with one attached hydrogen (secondary N) is 2. The molecule has 24 heavy (non-hydrogen) atoms. The highest BCUT2D eigenvalue weighted by Crippen LogP contribution is 2.31. The number of nitrogens with zero attached hydrogens (tertiary/aromatic N) is 1. The van der Waals surface area contributed by atoms with Gasteiger partial charge in [0.1, 0.15) is 28.6 Å². The molecule has 3 rings (SSSR count). The Balaban J connectivity index is 1.85. The second-order valence-electron chi connectivity index (χ2n) is 5.02. The van der Waals surface area contributed by atoms with E-state index in [1.165, 1.54) is 19.2 Å². The molecule has 2 aromatic carbocycles. The molecule has 1 aromatic heterocycles. The van der Waals surface area contributed by atoms with Gasteiger partial charge in [0.05, 0.1) is 19.3 Å². The largest absolute Gasteiger partial charge is 0.494 e. The lowest BCUT2D eigenvalue weighted by Crippen LogP contribution is -2.36. The van der Waals surface area contributed by atoms with Gasteiger partial charge in [-0.25, -0.2) is 4.39 Å². The molecule has 0 aliphatic heterocycles. The molecule has 3 aromatic rings. The number of rotatable bonds is 6. The Hall–Kier alpha value is -3.22. The Labute approximate surface area is 136 Å². The molecule has 0 saturated heterocycles. The van der Waals surface area contributed by atoms with E-state index in [0.717, 1.165) is 0 Å². The molecule has 0 aliphatic carbocycles. The van der Waals surface area contributed by atoms with Crippen molar-refractivity contribution < 1.29 is 9.13 Å². The topological polar surface area (TPSA) is 80.3 Å². The van der Waals surface area contributed by atoms with E-state index in [2.05, 4.69) is 15.6 Å². The fourth-order valence-corrected chi connectivity index (χ4v) is 2.28. The number of hydrogen-bond acceptors (Lipinski definition) is 6. The van der Waals surface area contributed by atoms with E-state index in [0.29, 0.717) is 5.69 Å². The summed E-state index contributed by atoms with van der Waals surface area (Å²) in [6.45, 7) is 0.273. The monoisotopic (exact) mass is 327 g/mol. The normalized spacial score (nSPS) is 10.6. The van der Waals surface area contributed by atoms with Crippen molar-refractivity contribution in [1.29, 1.82) is 0 Å². The lowest BCUT2D eigenvalue weighted by Gasteiger charge is -2.16. The number of aromatic nitrogens is 1. The Morgan fingerprint density at radius 3 is 2.54 bits per heavy atom. The van der Waals surface area contributed by atoms with Crippen LogP contribution in [0.2, 0.25) is 0 Å². The van der Waals surface area contributed by atoms with Crippen molar-refractivity contribution in [2.45, 2.75) is 6.54 Å². The second-order valence-corrected chi connectivity index (χ2v) is 5.02. The summed E-state index contributed by atoms with van der Waals surface area (Å²) in [6, 6.07) is 9.65.